The number of nitrogens with one attached hydrogen (secondary N) is 1. The summed E-state index contributed by atoms with van der Waals surface area (Å²) < 4.78 is 2.18. The highest BCUT2D eigenvalue weighted by molar-refractivity contribution is 5.62. The smallest absolute Gasteiger partial charge is 0.212 e. The molecule has 98 valence electrons. The van der Waals surface area contributed by atoms with Gasteiger partial charge in [-0.25, -0.2) is 4.98 Å². The van der Waals surface area contributed by atoms with Crippen LogP contribution in [0, 0.1) is 6.92 Å². The van der Waals surface area contributed by atoms with Crippen molar-refractivity contribution < 1.29 is 0 Å². The molecule has 19 heavy (non-hydrogen) atoms. The molecule has 1 aromatic carbocycles. The number of fused-ring (bicyclic) bond motifs is 1. The molecule has 0 radical (unpaired) electrons. The number of hydrogen-bond donors (Lipinski definition) is 1. The second kappa shape index (κ2) is 3.98. The van der Waals surface area contributed by atoms with Gasteiger partial charge in [-0.05, 0) is 6.92 Å². The SMILES string of the molecule is Cc1[nH]c2nc(-c3ccccc3)cn2c1C(C)(C)C. The molecule has 3 heteroatoms. The fourth-order valence-electron chi connectivity index (χ4n) is 2.72. The van der Waals surface area contributed by atoms with E-state index in [1.165, 1.54) is 11.4 Å². The van der Waals surface area contributed by atoms with Gasteiger partial charge in [-0.1, -0.05) is 51.1 Å². The van der Waals surface area contributed by atoms with Crippen LogP contribution >= 0.6 is 0 Å². The van der Waals surface area contributed by atoms with Crippen LogP contribution in [-0.4, -0.2) is 14.4 Å². The van der Waals surface area contributed by atoms with Crippen molar-refractivity contribution in [2.45, 2.75) is 33.1 Å². The fourth-order valence-corrected chi connectivity index (χ4v) is 2.72. The van der Waals surface area contributed by atoms with Crippen LogP contribution in [0.1, 0.15) is 32.2 Å². The highest BCUT2D eigenvalue weighted by Crippen LogP contribution is 2.28. The third kappa shape index (κ3) is 1.95. The highest BCUT2D eigenvalue weighted by atomic mass is 15.1. The summed E-state index contributed by atoms with van der Waals surface area (Å²) in [6.45, 7) is 8.79. The van der Waals surface area contributed by atoms with Crippen molar-refractivity contribution in [2.24, 2.45) is 0 Å². The lowest BCUT2D eigenvalue weighted by Crippen LogP contribution is -2.15. The van der Waals surface area contributed by atoms with E-state index in [1.54, 1.807) is 0 Å². The average molecular weight is 253 g/mol. The normalized spacial score (nSPS) is 12.2. The van der Waals surface area contributed by atoms with Crippen LogP contribution in [0.2, 0.25) is 0 Å². The minimum Gasteiger partial charge on any atom is -0.328 e. The van der Waals surface area contributed by atoms with Gasteiger partial charge in [0.25, 0.3) is 0 Å². The van der Waals surface area contributed by atoms with Gasteiger partial charge in [0.2, 0.25) is 5.78 Å². The molecule has 0 atom stereocenters. The number of rotatable bonds is 1. The standard InChI is InChI=1S/C16H19N3/c1-11-14(16(2,3)4)19-10-13(18-15(19)17-11)12-8-6-5-7-9-12/h5-10H,1-4H3,(H,17,18). The number of aromatic amines is 1. The molecule has 3 aromatic rings. The Morgan fingerprint density at radius 3 is 2.42 bits per heavy atom. The number of aryl methyl sites for hydroxylation is 1. The van der Waals surface area contributed by atoms with Gasteiger partial charge in [-0.2, -0.15) is 0 Å². The lowest BCUT2D eigenvalue weighted by atomic mass is 9.91. The van der Waals surface area contributed by atoms with Crippen LogP contribution in [-0.2, 0) is 5.41 Å². The van der Waals surface area contributed by atoms with Gasteiger partial charge in [0.1, 0.15) is 0 Å². The van der Waals surface area contributed by atoms with Gasteiger partial charge in [-0.15, -0.1) is 0 Å². The summed E-state index contributed by atoms with van der Waals surface area (Å²) in [4.78, 5) is 8.06. The zero-order valence-electron chi connectivity index (χ0n) is 11.9. The second-order valence-corrected chi connectivity index (χ2v) is 6.03. The molecular formula is C16H19N3. The minimum absolute atomic E-state index is 0.0942. The number of benzene rings is 1. The van der Waals surface area contributed by atoms with Crippen LogP contribution < -0.4 is 0 Å². The first-order valence-electron chi connectivity index (χ1n) is 6.60. The lowest BCUT2D eigenvalue weighted by molar-refractivity contribution is 0.559. The predicted octanol–water partition coefficient (Wildman–Crippen LogP) is 3.94. The van der Waals surface area contributed by atoms with Crippen molar-refractivity contribution in [1.82, 2.24) is 14.4 Å². The Hall–Kier alpha value is -2.03. The maximum absolute atomic E-state index is 4.69. The number of H-pyrrole nitrogens is 1. The van der Waals surface area contributed by atoms with E-state index in [9.17, 15) is 0 Å². The van der Waals surface area contributed by atoms with Gasteiger partial charge >= 0.3 is 0 Å². The van der Waals surface area contributed by atoms with Gasteiger partial charge in [0.15, 0.2) is 0 Å². The van der Waals surface area contributed by atoms with Crippen LogP contribution in [0.3, 0.4) is 0 Å². The van der Waals surface area contributed by atoms with Crippen molar-refractivity contribution in [1.29, 1.82) is 0 Å². The van der Waals surface area contributed by atoms with Gasteiger partial charge in [0, 0.05) is 28.6 Å². The molecule has 0 saturated carbocycles. The molecule has 0 aliphatic rings. The van der Waals surface area contributed by atoms with E-state index in [2.05, 4.69) is 60.4 Å². The molecule has 0 saturated heterocycles. The van der Waals surface area contributed by atoms with Crippen LogP contribution in [0.4, 0.5) is 0 Å². The summed E-state index contributed by atoms with van der Waals surface area (Å²) in [5, 5.41) is 0. The molecule has 0 spiro atoms. The Morgan fingerprint density at radius 2 is 1.79 bits per heavy atom. The molecule has 0 aliphatic heterocycles. The largest absolute Gasteiger partial charge is 0.328 e. The number of aromatic nitrogens is 3. The van der Waals surface area contributed by atoms with Crippen molar-refractivity contribution >= 4 is 5.78 Å². The first-order chi connectivity index (χ1) is 8.97. The second-order valence-electron chi connectivity index (χ2n) is 6.03. The van der Waals surface area contributed by atoms with E-state index in [0.29, 0.717) is 0 Å². The molecule has 0 fully saturated rings. The van der Waals surface area contributed by atoms with Crippen LogP contribution in [0.25, 0.3) is 17.0 Å². The summed E-state index contributed by atoms with van der Waals surface area (Å²) in [5.41, 5.74) is 4.73. The maximum atomic E-state index is 4.69. The number of imidazole rings is 2. The Labute approximate surface area is 113 Å². The van der Waals surface area contributed by atoms with Gasteiger partial charge in [0.05, 0.1) is 5.69 Å². The van der Waals surface area contributed by atoms with Crippen molar-refractivity contribution in [3.8, 4) is 11.3 Å². The Bertz CT molecular complexity index is 712. The molecule has 0 amide bonds. The Morgan fingerprint density at radius 1 is 1.11 bits per heavy atom. The number of nitrogens with zero attached hydrogens (tertiary/aromatic N) is 2. The zero-order chi connectivity index (χ0) is 13.6. The molecule has 0 aliphatic carbocycles. The van der Waals surface area contributed by atoms with Gasteiger partial charge in [-0.3, -0.25) is 4.40 Å². The van der Waals surface area contributed by atoms with Crippen LogP contribution in [0.15, 0.2) is 36.5 Å². The Balaban J connectivity index is 2.21. The van der Waals surface area contributed by atoms with Crippen molar-refractivity contribution in [2.75, 3.05) is 0 Å². The summed E-state index contributed by atoms with van der Waals surface area (Å²) in [5.74, 6) is 0.918. The van der Waals surface area contributed by atoms with Gasteiger partial charge < -0.3 is 4.98 Å². The van der Waals surface area contributed by atoms with E-state index in [1.807, 2.05) is 18.2 Å². The van der Waals surface area contributed by atoms with Crippen LogP contribution in [0.5, 0.6) is 0 Å². The summed E-state index contributed by atoms with van der Waals surface area (Å²) >= 11 is 0. The zero-order valence-corrected chi connectivity index (χ0v) is 11.9. The maximum Gasteiger partial charge on any atom is 0.212 e. The fraction of sp³-hybridized carbons (Fsp3) is 0.312. The third-order valence-electron chi connectivity index (χ3n) is 3.38. The molecule has 2 heterocycles. The van der Waals surface area contributed by atoms with E-state index in [-0.39, 0.29) is 5.41 Å². The minimum atomic E-state index is 0.0942. The molecular weight excluding hydrogens is 234 g/mol. The molecule has 0 bridgehead atoms. The number of hydrogen-bond acceptors (Lipinski definition) is 1. The third-order valence-corrected chi connectivity index (χ3v) is 3.38. The lowest BCUT2D eigenvalue weighted by Gasteiger charge is -2.18. The van der Waals surface area contributed by atoms with E-state index >= 15 is 0 Å². The molecule has 3 nitrogen and oxygen atoms in total. The Kier molecular flexibility index (Phi) is 2.52. The molecule has 2 aromatic heterocycles. The molecule has 1 N–H and O–H groups in total. The van der Waals surface area contributed by atoms with Crippen molar-refractivity contribution in [3.05, 3.63) is 47.9 Å². The summed E-state index contributed by atoms with van der Waals surface area (Å²) in [6, 6.07) is 10.3. The van der Waals surface area contributed by atoms with E-state index in [0.717, 1.165) is 17.0 Å². The van der Waals surface area contributed by atoms with E-state index in [4.69, 9.17) is 0 Å². The summed E-state index contributed by atoms with van der Waals surface area (Å²) in [6.07, 6.45) is 2.12. The predicted molar refractivity (Wildman–Crippen MR) is 78.4 cm³/mol. The van der Waals surface area contributed by atoms with Crippen molar-refractivity contribution in [3.63, 3.8) is 0 Å². The average Bonchev–Trinajstić information content (AvgIpc) is 2.84. The molecule has 3 rings (SSSR count). The van der Waals surface area contributed by atoms with E-state index < -0.39 is 0 Å². The quantitative estimate of drug-likeness (QED) is 0.700. The first kappa shape index (κ1) is 12.0. The molecule has 0 unspecified atom stereocenters. The topological polar surface area (TPSA) is 33.1 Å². The highest BCUT2D eigenvalue weighted by Gasteiger charge is 2.22. The summed E-state index contributed by atoms with van der Waals surface area (Å²) in [7, 11) is 0. The monoisotopic (exact) mass is 253 g/mol. The first-order valence-corrected chi connectivity index (χ1v) is 6.60.